The summed E-state index contributed by atoms with van der Waals surface area (Å²) in [6.45, 7) is 0. The summed E-state index contributed by atoms with van der Waals surface area (Å²) in [6, 6.07) is 12.3. The van der Waals surface area contributed by atoms with Crippen LogP contribution in [0.15, 0.2) is 53.6 Å². The van der Waals surface area contributed by atoms with Gasteiger partial charge in [0.2, 0.25) is 0 Å². The Labute approximate surface area is 152 Å². The highest BCUT2D eigenvalue weighted by atomic mass is 35.5. The quantitative estimate of drug-likeness (QED) is 0.779. The van der Waals surface area contributed by atoms with E-state index in [1.165, 1.54) is 17.8 Å². The maximum atomic E-state index is 13.1. The van der Waals surface area contributed by atoms with Crippen molar-refractivity contribution in [3.8, 4) is 0 Å². The molecule has 1 aliphatic rings. The third kappa shape index (κ3) is 3.55. The average Bonchev–Trinajstić information content (AvgIpc) is 2.91. The number of nitrogens with one attached hydrogen (secondary N) is 1. The van der Waals surface area contributed by atoms with Crippen LogP contribution in [0.3, 0.4) is 0 Å². The van der Waals surface area contributed by atoms with E-state index in [0.717, 1.165) is 17.7 Å². The van der Waals surface area contributed by atoms with Crippen LogP contribution in [0.5, 0.6) is 0 Å². The van der Waals surface area contributed by atoms with Gasteiger partial charge in [-0.05, 0) is 29.3 Å². The van der Waals surface area contributed by atoms with Crippen molar-refractivity contribution >= 4 is 34.7 Å². The zero-order chi connectivity index (χ0) is 18.2. The first kappa shape index (κ1) is 17.9. The molecular formula is C18H13ClF3NOS. The minimum atomic E-state index is -4.53. The Morgan fingerprint density at radius 1 is 1.12 bits per heavy atom. The number of carbonyl (C=O) groups is 1. The molecule has 0 bridgehead atoms. The number of alkyl halides is 3. The van der Waals surface area contributed by atoms with Gasteiger partial charge in [-0.25, -0.2) is 0 Å². The standard InChI is InChI=1S/C18H13ClF3NOS/c1-23-17-14(11-7-12(18(20,21)22)9-13(19)8-11)15(24)16(25-17)10-5-3-2-4-6-10/h2-9,16,23H,1H3. The number of rotatable bonds is 3. The summed E-state index contributed by atoms with van der Waals surface area (Å²) in [5, 5.41) is 2.90. The van der Waals surface area contributed by atoms with E-state index in [4.69, 9.17) is 11.6 Å². The van der Waals surface area contributed by atoms with E-state index in [1.54, 1.807) is 7.05 Å². The predicted octanol–water partition coefficient (Wildman–Crippen LogP) is 5.30. The van der Waals surface area contributed by atoms with Crippen molar-refractivity contribution in [2.75, 3.05) is 7.05 Å². The second-order valence-corrected chi connectivity index (χ2v) is 7.01. The van der Waals surface area contributed by atoms with Gasteiger partial charge in [0.1, 0.15) is 0 Å². The van der Waals surface area contributed by atoms with Crippen LogP contribution in [0.4, 0.5) is 13.2 Å². The lowest BCUT2D eigenvalue weighted by atomic mass is 9.96. The lowest BCUT2D eigenvalue weighted by molar-refractivity contribution is -0.137. The van der Waals surface area contributed by atoms with Crippen LogP contribution in [0, 0.1) is 0 Å². The predicted molar refractivity (Wildman–Crippen MR) is 94.2 cm³/mol. The molecule has 0 aromatic heterocycles. The molecule has 3 rings (SSSR count). The number of ketones is 1. The first-order chi connectivity index (χ1) is 11.8. The Hall–Kier alpha value is -1.92. The summed E-state index contributed by atoms with van der Waals surface area (Å²) in [5.74, 6) is -0.240. The van der Waals surface area contributed by atoms with Gasteiger partial charge in [-0.1, -0.05) is 53.7 Å². The Kier molecular flexibility index (Phi) is 4.84. The fraction of sp³-hybridized carbons (Fsp3) is 0.167. The molecule has 2 nitrogen and oxygen atoms in total. The summed E-state index contributed by atoms with van der Waals surface area (Å²) in [4.78, 5) is 12.9. The number of hydrogen-bond acceptors (Lipinski definition) is 3. The maximum Gasteiger partial charge on any atom is 0.416 e. The molecule has 0 spiro atoms. The Bertz CT molecular complexity index is 849. The molecule has 0 fully saturated rings. The second kappa shape index (κ2) is 6.77. The zero-order valence-corrected chi connectivity index (χ0v) is 14.6. The van der Waals surface area contributed by atoms with Crippen molar-refractivity contribution in [3.05, 3.63) is 75.3 Å². The molecule has 0 aliphatic carbocycles. The summed E-state index contributed by atoms with van der Waals surface area (Å²) in [7, 11) is 1.64. The fourth-order valence-corrected chi connectivity index (χ4v) is 4.12. The lowest BCUT2D eigenvalue weighted by Gasteiger charge is -2.11. The fourth-order valence-electron chi connectivity index (χ4n) is 2.68. The molecular weight excluding hydrogens is 371 g/mol. The highest BCUT2D eigenvalue weighted by Crippen LogP contribution is 2.48. The van der Waals surface area contributed by atoms with Gasteiger partial charge in [0, 0.05) is 12.1 Å². The van der Waals surface area contributed by atoms with Gasteiger partial charge in [-0.3, -0.25) is 4.79 Å². The van der Waals surface area contributed by atoms with Crippen molar-refractivity contribution in [2.24, 2.45) is 0 Å². The maximum absolute atomic E-state index is 13.1. The van der Waals surface area contributed by atoms with E-state index < -0.39 is 17.0 Å². The van der Waals surface area contributed by atoms with Crippen LogP contribution in [0.25, 0.3) is 5.57 Å². The van der Waals surface area contributed by atoms with Crippen LogP contribution >= 0.6 is 23.4 Å². The van der Waals surface area contributed by atoms with E-state index in [1.807, 2.05) is 30.3 Å². The Morgan fingerprint density at radius 2 is 1.80 bits per heavy atom. The van der Waals surface area contributed by atoms with Gasteiger partial charge < -0.3 is 5.32 Å². The first-order valence-electron chi connectivity index (χ1n) is 7.37. The van der Waals surface area contributed by atoms with Crippen LogP contribution in [0.1, 0.15) is 21.9 Å². The minimum Gasteiger partial charge on any atom is -0.382 e. The average molecular weight is 384 g/mol. The van der Waals surface area contributed by atoms with Gasteiger partial charge in [-0.15, -0.1) is 0 Å². The van der Waals surface area contributed by atoms with E-state index in [2.05, 4.69) is 5.32 Å². The summed E-state index contributed by atoms with van der Waals surface area (Å²) < 4.78 is 39.2. The minimum absolute atomic E-state index is 0.0614. The SMILES string of the molecule is CNC1=C(c2cc(Cl)cc(C(F)(F)F)c2)C(=O)C(c2ccccc2)S1. The number of allylic oxidation sites excluding steroid dienone is 1. The Balaban J connectivity index is 2.06. The molecule has 1 aliphatic heterocycles. The molecule has 130 valence electrons. The van der Waals surface area contributed by atoms with Crippen molar-refractivity contribution in [1.82, 2.24) is 5.32 Å². The van der Waals surface area contributed by atoms with E-state index in [-0.39, 0.29) is 21.9 Å². The van der Waals surface area contributed by atoms with Crippen molar-refractivity contribution in [2.45, 2.75) is 11.4 Å². The Morgan fingerprint density at radius 3 is 2.40 bits per heavy atom. The molecule has 0 radical (unpaired) electrons. The normalized spacial score (nSPS) is 18.0. The second-order valence-electron chi connectivity index (χ2n) is 5.45. The molecule has 25 heavy (non-hydrogen) atoms. The molecule has 0 amide bonds. The molecule has 2 aromatic carbocycles. The summed E-state index contributed by atoms with van der Waals surface area (Å²) >= 11 is 7.15. The van der Waals surface area contributed by atoms with Crippen molar-refractivity contribution in [3.63, 3.8) is 0 Å². The molecule has 0 saturated carbocycles. The summed E-state index contributed by atoms with van der Waals surface area (Å²) in [5.41, 5.74) is 0.326. The molecule has 1 N–H and O–H groups in total. The molecule has 1 unspecified atom stereocenters. The molecule has 1 atom stereocenters. The monoisotopic (exact) mass is 383 g/mol. The number of hydrogen-bond donors (Lipinski definition) is 1. The first-order valence-corrected chi connectivity index (χ1v) is 8.63. The number of thioether (sulfide) groups is 1. The molecule has 2 aromatic rings. The van der Waals surface area contributed by atoms with Crippen molar-refractivity contribution in [1.29, 1.82) is 0 Å². The number of Topliss-reactive ketones (excluding diaryl/α,β-unsaturated/α-hetero) is 1. The third-order valence-electron chi connectivity index (χ3n) is 3.79. The van der Waals surface area contributed by atoms with E-state index >= 15 is 0 Å². The van der Waals surface area contributed by atoms with Crippen LogP contribution in [-0.4, -0.2) is 12.8 Å². The lowest BCUT2D eigenvalue weighted by Crippen LogP contribution is -2.10. The van der Waals surface area contributed by atoms with Gasteiger partial charge in [-0.2, -0.15) is 13.2 Å². The van der Waals surface area contributed by atoms with Gasteiger partial charge in [0.15, 0.2) is 5.78 Å². The zero-order valence-electron chi connectivity index (χ0n) is 13.0. The summed E-state index contributed by atoms with van der Waals surface area (Å²) in [6.07, 6.45) is -4.53. The van der Waals surface area contributed by atoms with Crippen LogP contribution < -0.4 is 5.32 Å². The molecule has 1 heterocycles. The van der Waals surface area contributed by atoms with Crippen LogP contribution in [-0.2, 0) is 11.0 Å². The van der Waals surface area contributed by atoms with E-state index in [0.29, 0.717) is 5.03 Å². The largest absolute Gasteiger partial charge is 0.416 e. The van der Waals surface area contributed by atoms with Crippen molar-refractivity contribution < 1.29 is 18.0 Å². The van der Waals surface area contributed by atoms with Gasteiger partial charge in [0.05, 0.1) is 21.4 Å². The molecule has 0 saturated heterocycles. The number of halogens is 4. The third-order valence-corrected chi connectivity index (χ3v) is 5.37. The number of carbonyl (C=O) groups excluding carboxylic acids is 1. The smallest absolute Gasteiger partial charge is 0.382 e. The topological polar surface area (TPSA) is 29.1 Å². The van der Waals surface area contributed by atoms with E-state index in [9.17, 15) is 18.0 Å². The van der Waals surface area contributed by atoms with Crippen LogP contribution in [0.2, 0.25) is 5.02 Å². The molecule has 7 heteroatoms. The number of benzene rings is 2. The highest BCUT2D eigenvalue weighted by molar-refractivity contribution is 8.04. The van der Waals surface area contributed by atoms with Gasteiger partial charge >= 0.3 is 6.18 Å². The van der Waals surface area contributed by atoms with Gasteiger partial charge in [0.25, 0.3) is 0 Å². The highest BCUT2D eigenvalue weighted by Gasteiger charge is 2.37.